The Labute approximate surface area is 141 Å². The molecule has 122 valence electrons. The number of anilines is 1. The molecule has 8 heteroatoms. The number of hydrogen-bond acceptors (Lipinski definition) is 6. The standard InChI is InChI=1S/C16H13N3O4S/c20-15-14(17-12-4-2-1-3-5-12)24-16(21)18(15)10-11-6-8-13(9-7-11)19(22)23/h1-9,14,17H,10H2. The van der Waals surface area contributed by atoms with Gasteiger partial charge in [-0.15, -0.1) is 0 Å². The van der Waals surface area contributed by atoms with Crippen molar-refractivity contribution in [3.8, 4) is 0 Å². The van der Waals surface area contributed by atoms with Crippen LogP contribution in [0.15, 0.2) is 54.6 Å². The minimum Gasteiger partial charge on any atom is -0.365 e. The Hall–Kier alpha value is -2.87. The van der Waals surface area contributed by atoms with Gasteiger partial charge >= 0.3 is 0 Å². The Kier molecular flexibility index (Phi) is 4.48. The molecule has 1 unspecified atom stereocenters. The number of nitrogens with one attached hydrogen (secondary N) is 1. The van der Waals surface area contributed by atoms with Crippen LogP contribution in [0.4, 0.5) is 16.2 Å². The van der Waals surface area contributed by atoms with Gasteiger partial charge in [0.05, 0.1) is 11.5 Å². The van der Waals surface area contributed by atoms with Gasteiger partial charge in [-0.1, -0.05) is 30.3 Å². The molecule has 0 spiro atoms. The zero-order chi connectivity index (χ0) is 17.1. The summed E-state index contributed by atoms with van der Waals surface area (Å²) in [6, 6.07) is 15.0. The maximum atomic E-state index is 12.4. The van der Waals surface area contributed by atoms with E-state index in [2.05, 4.69) is 5.32 Å². The number of rotatable bonds is 5. The summed E-state index contributed by atoms with van der Waals surface area (Å²) < 4.78 is 0. The molecule has 1 fully saturated rings. The van der Waals surface area contributed by atoms with Crippen LogP contribution in [-0.2, 0) is 11.3 Å². The average molecular weight is 343 g/mol. The first kappa shape index (κ1) is 16.0. The smallest absolute Gasteiger partial charge is 0.291 e. The minimum atomic E-state index is -0.669. The van der Waals surface area contributed by atoms with Gasteiger partial charge < -0.3 is 5.32 Å². The number of amides is 2. The highest BCUT2D eigenvalue weighted by Gasteiger charge is 2.39. The molecule has 3 rings (SSSR count). The van der Waals surface area contributed by atoms with E-state index in [-0.39, 0.29) is 23.4 Å². The number of hydrogen-bond donors (Lipinski definition) is 1. The highest BCUT2D eigenvalue weighted by atomic mass is 32.2. The van der Waals surface area contributed by atoms with Crippen LogP contribution in [0.25, 0.3) is 0 Å². The highest BCUT2D eigenvalue weighted by Crippen LogP contribution is 2.29. The van der Waals surface area contributed by atoms with Crippen LogP contribution >= 0.6 is 11.8 Å². The average Bonchev–Trinajstić information content (AvgIpc) is 2.84. The predicted octanol–water partition coefficient (Wildman–Crippen LogP) is 3.23. The molecule has 0 bridgehead atoms. The number of thioether (sulfide) groups is 1. The number of nitrogens with zero attached hydrogens (tertiary/aromatic N) is 2. The predicted molar refractivity (Wildman–Crippen MR) is 90.5 cm³/mol. The summed E-state index contributed by atoms with van der Waals surface area (Å²) in [7, 11) is 0. The van der Waals surface area contributed by atoms with E-state index < -0.39 is 10.3 Å². The van der Waals surface area contributed by atoms with Crippen LogP contribution in [0.3, 0.4) is 0 Å². The first-order chi connectivity index (χ1) is 11.5. The number of nitro groups is 1. The largest absolute Gasteiger partial charge is 0.365 e. The van der Waals surface area contributed by atoms with Crippen LogP contribution < -0.4 is 5.32 Å². The normalized spacial score (nSPS) is 17.2. The van der Waals surface area contributed by atoms with Gasteiger partial charge in [-0.2, -0.15) is 0 Å². The lowest BCUT2D eigenvalue weighted by Gasteiger charge is -2.14. The van der Waals surface area contributed by atoms with Crippen LogP contribution in [0, 0.1) is 10.1 Å². The molecule has 1 atom stereocenters. The number of benzene rings is 2. The molecule has 2 aromatic carbocycles. The Morgan fingerprint density at radius 1 is 1.08 bits per heavy atom. The van der Waals surface area contributed by atoms with Gasteiger partial charge in [0.2, 0.25) is 0 Å². The first-order valence-electron chi connectivity index (χ1n) is 7.11. The molecule has 7 nitrogen and oxygen atoms in total. The van der Waals surface area contributed by atoms with Crippen LogP contribution in [0.5, 0.6) is 0 Å². The summed E-state index contributed by atoms with van der Waals surface area (Å²) >= 11 is 0.922. The second-order valence-electron chi connectivity index (χ2n) is 5.12. The van der Waals surface area contributed by atoms with E-state index in [1.165, 1.54) is 12.1 Å². The van der Waals surface area contributed by atoms with Gasteiger partial charge in [-0.3, -0.25) is 24.6 Å². The fourth-order valence-corrected chi connectivity index (χ4v) is 3.18. The minimum absolute atomic E-state index is 0.0316. The summed E-state index contributed by atoms with van der Waals surface area (Å²) in [5.41, 5.74) is 1.38. The molecule has 1 N–H and O–H groups in total. The number of carbonyl (C=O) groups excluding carboxylic acids is 2. The molecule has 0 saturated carbocycles. The quantitative estimate of drug-likeness (QED) is 0.662. The third-order valence-corrected chi connectivity index (χ3v) is 4.47. The van der Waals surface area contributed by atoms with Crippen molar-refractivity contribution in [1.29, 1.82) is 0 Å². The van der Waals surface area contributed by atoms with E-state index in [1.807, 2.05) is 30.3 Å². The lowest BCUT2D eigenvalue weighted by molar-refractivity contribution is -0.384. The van der Waals surface area contributed by atoms with Gasteiger partial charge in [-0.25, -0.2) is 0 Å². The number of para-hydroxylation sites is 1. The van der Waals surface area contributed by atoms with Crippen molar-refractivity contribution >= 4 is 34.3 Å². The molecule has 1 heterocycles. The summed E-state index contributed by atoms with van der Waals surface area (Å²) in [5, 5.41) is 12.7. The van der Waals surface area contributed by atoms with Crippen molar-refractivity contribution in [3.63, 3.8) is 0 Å². The number of non-ortho nitro benzene ring substituents is 1. The van der Waals surface area contributed by atoms with Crippen molar-refractivity contribution in [2.45, 2.75) is 11.9 Å². The fourth-order valence-electron chi connectivity index (χ4n) is 2.27. The number of nitro benzene ring substituents is 1. The summed E-state index contributed by atoms with van der Waals surface area (Å²) in [5.74, 6) is -0.327. The van der Waals surface area contributed by atoms with E-state index in [0.717, 1.165) is 22.3 Å². The van der Waals surface area contributed by atoms with Gasteiger partial charge in [0, 0.05) is 17.8 Å². The number of carbonyl (C=O) groups is 2. The summed E-state index contributed by atoms with van der Waals surface area (Å²) in [4.78, 5) is 35.8. The topological polar surface area (TPSA) is 92.6 Å². The van der Waals surface area contributed by atoms with E-state index in [9.17, 15) is 19.7 Å². The maximum absolute atomic E-state index is 12.4. The molecule has 0 aliphatic carbocycles. The molecule has 24 heavy (non-hydrogen) atoms. The van der Waals surface area contributed by atoms with Crippen molar-refractivity contribution in [1.82, 2.24) is 4.90 Å². The van der Waals surface area contributed by atoms with E-state index in [4.69, 9.17) is 0 Å². The lowest BCUT2D eigenvalue weighted by Crippen LogP contribution is -2.33. The number of imide groups is 1. The summed E-state index contributed by atoms with van der Waals surface area (Å²) in [6.45, 7) is 0.0929. The SMILES string of the molecule is O=C1SC(Nc2ccccc2)C(=O)N1Cc1ccc([N+](=O)[O-])cc1. The van der Waals surface area contributed by atoms with Crippen LogP contribution in [0.1, 0.15) is 5.56 Å². The Morgan fingerprint density at radius 2 is 1.75 bits per heavy atom. The first-order valence-corrected chi connectivity index (χ1v) is 7.99. The molecule has 0 radical (unpaired) electrons. The highest BCUT2D eigenvalue weighted by molar-refractivity contribution is 8.15. The molecular weight excluding hydrogens is 330 g/mol. The van der Waals surface area contributed by atoms with Crippen LogP contribution in [-0.4, -0.2) is 26.3 Å². The van der Waals surface area contributed by atoms with E-state index >= 15 is 0 Å². The molecule has 2 amide bonds. The molecule has 1 aliphatic rings. The fraction of sp³-hybridized carbons (Fsp3) is 0.125. The molecule has 1 saturated heterocycles. The summed E-state index contributed by atoms with van der Waals surface area (Å²) in [6.07, 6.45) is 0. The Bertz CT molecular complexity index is 780. The van der Waals surface area contributed by atoms with Crippen molar-refractivity contribution in [2.75, 3.05) is 5.32 Å². The lowest BCUT2D eigenvalue weighted by atomic mass is 10.2. The van der Waals surface area contributed by atoms with Crippen molar-refractivity contribution in [3.05, 3.63) is 70.3 Å². The van der Waals surface area contributed by atoms with Gasteiger partial charge in [0.25, 0.3) is 16.8 Å². The molecular formula is C16H13N3O4S. The molecule has 2 aromatic rings. The van der Waals surface area contributed by atoms with Crippen molar-refractivity contribution < 1.29 is 14.5 Å². The molecule has 1 aliphatic heterocycles. The van der Waals surface area contributed by atoms with Gasteiger partial charge in [0.15, 0.2) is 5.37 Å². The van der Waals surface area contributed by atoms with Crippen molar-refractivity contribution in [2.24, 2.45) is 0 Å². The Morgan fingerprint density at radius 3 is 2.38 bits per heavy atom. The monoisotopic (exact) mass is 343 g/mol. The van der Waals surface area contributed by atoms with Gasteiger partial charge in [0.1, 0.15) is 0 Å². The maximum Gasteiger partial charge on any atom is 0.291 e. The van der Waals surface area contributed by atoms with E-state index in [0.29, 0.717) is 5.56 Å². The third kappa shape index (κ3) is 3.38. The second-order valence-corrected chi connectivity index (χ2v) is 6.18. The Balaban J connectivity index is 1.69. The zero-order valence-corrected chi connectivity index (χ0v) is 13.2. The van der Waals surface area contributed by atoms with E-state index in [1.54, 1.807) is 12.1 Å². The van der Waals surface area contributed by atoms with Gasteiger partial charge in [-0.05, 0) is 29.5 Å². The third-order valence-electron chi connectivity index (χ3n) is 3.49. The van der Waals surface area contributed by atoms with Crippen LogP contribution in [0.2, 0.25) is 0 Å². The molecule has 0 aromatic heterocycles. The second kappa shape index (κ2) is 6.71. The zero-order valence-electron chi connectivity index (χ0n) is 12.4.